The van der Waals surface area contributed by atoms with E-state index in [4.69, 9.17) is 4.98 Å². The van der Waals surface area contributed by atoms with Gasteiger partial charge in [-0.25, -0.2) is 22.7 Å². The Hall–Kier alpha value is -1.21. The van der Waals surface area contributed by atoms with Crippen LogP contribution >= 0.6 is 0 Å². The van der Waals surface area contributed by atoms with Crippen LogP contribution in [0.5, 0.6) is 0 Å². The van der Waals surface area contributed by atoms with Crippen molar-refractivity contribution in [3.63, 3.8) is 0 Å². The van der Waals surface area contributed by atoms with Gasteiger partial charge in [0.1, 0.15) is 11.6 Å². The highest BCUT2D eigenvalue weighted by molar-refractivity contribution is 7.88. The third-order valence-electron chi connectivity index (χ3n) is 4.62. The highest BCUT2D eigenvalue weighted by Crippen LogP contribution is 2.38. The summed E-state index contributed by atoms with van der Waals surface area (Å²) in [5.74, 6) is 3.00. The summed E-state index contributed by atoms with van der Waals surface area (Å²) in [6.07, 6.45) is 7.56. The number of hydrogen-bond acceptors (Lipinski definition) is 5. The van der Waals surface area contributed by atoms with Gasteiger partial charge in [0.2, 0.25) is 10.0 Å². The van der Waals surface area contributed by atoms with Crippen LogP contribution in [0, 0.1) is 5.92 Å². The molecule has 6 nitrogen and oxygen atoms in total. The number of piperidine rings is 1. The average molecular weight is 324 g/mol. The predicted molar refractivity (Wildman–Crippen MR) is 86.4 cm³/mol. The summed E-state index contributed by atoms with van der Waals surface area (Å²) in [5, 5.41) is 0. The van der Waals surface area contributed by atoms with Gasteiger partial charge in [-0.2, -0.15) is 0 Å². The van der Waals surface area contributed by atoms with Crippen LogP contribution in [0.15, 0.2) is 12.3 Å². The smallest absolute Gasteiger partial charge is 0.210 e. The number of rotatable bonds is 5. The Morgan fingerprint density at radius 3 is 2.55 bits per heavy atom. The maximum Gasteiger partial charge on any atom is 0.210 e. The van der Waals surface area contributed by atoms with E-state index < -0.39 is 10.0 Å². The van der Waals surface area contributed by atoms with Gasteiger partial charge < -0.3 is 4.90 Å². The zero-order chi connectivity index (χ0) is 15.7. The average Bonchev–Trinajstić information content (AvgIpc) is 3.32. The summed E-state index contributed by atoms with van der Waals surface area (Å²) < 4.78 is 24.5. The molecule has 2 aliphatic rings. The minimum absolute atomic E-state index is 0.431. The first-order valence-corrected chi connectivity index (χ1v) is 9.77. The third-order valence-corrected chi connectivity index (χ3v) is 5.90. The van der Waals surface area contributed by atoms with Crippen LogP contribution < -0.4 is 4.90 Å². The van der Waals surface area contributed by atoms with Crippen molar-refractivity contribution in [3.8, 4) is 0 Å². The Morgan fingerprint density at radius 2 is 1.95 bits per heavy atom. The van der Waals surface area contributed by atoms with E-state index in [0.717, 1.165) is 37.6 Å². The topological polar surface area (TPSA) is 66.4 Å². The molecule has 1 saturated heterocycles. The molecule has 1 aliphatic heterocycles. The lowest BCUT2D eigenvalue weighted by atomic mass is 9.97. The SMILES string of the molecule is CN(CC1CCN(c2ccnc(C3CC3)n2)CC1)S(C)(=O)=O. The molecule has 2 heterocycles. The summed E-state index contributed by atoms with van der Waals surface area (Å²) in [7, 11) is -1.42. The van der Waals surface area contributed by atoms with Crippen LogP contribution in [0.2, 0.25) is 0 Å². The van der Waals surface area contributed by atoms with Crippen molar-refractivity contribution in [1.82, 2.24) is 14.3 Å². The second kappa shape index (κ2) is 6.12. The van der Waals surface area contributed by atoms with E-state index in [1.807, 2.05) is 12.3 Å². The molecule has 0 spiro atoms. The van der Waals surface area contributed by atoms with Crippen molar-refractivity contribution in [2.24, 2.45) is 5.92 Å². The second-order valence-corrected chi connectivity index (χ2v) is 8.61. The molecule has 2 fully saturated rings. The lowest BCUT2D eigenvalue weighted by molar-refractivity contribution is 0.328. The molecular formula is C15H24N4O2S. The van der Waals surface area contributed by atoms with Gasteiger partial charge in [0.25, 0.3) is 0 Å². The highest BCUT2D eigenvalue weighted by Gasteiger charge is 2.28. The largest absolute Gasteiger partial charge is 0.356 e. The number of hydrogen-bond donors (Lipinski definition) is 0. The molecule has 22 heavy (non-hydrogen) atoms. The molecule has 0 unspecified atom stereocenters. The van der Waals surface area contributed by atoms with Crippen LogP contribution in [0.1, 0.15) is 37.4 Å². The normalized spacial score (nSPS) is 20.6. The van der Waals surface area contributed by atoms with E-state index in [9.17, 15) is 8.42 Å². The molecule has 0 atom stereocenters. The summed E-state index contributed by atoms with van der Waals surface area (Å²) >= 11 is 0. The van der Waals surface area contributed by atoms with Gasteiger partial charge >= 0.3 is 0 Å². The highest BCUT2D eigenvalue weighted by atomic mass is 32.2. The van der Waals surface area contributed by atoms with Gasteiger partial charge in [-0.15, -0.1) is 0 Å². The monoisotopic (exact) mass is 324 g/mol. The third kappa shape index (κ3) is 3.76. The molecule has 7 heteroatoms. The second-order valence-electron chi connectivity index (χ2n) is 6.52. The molecule has 0 amide bonds. The standard InChI is InChI=1S/C15H24N4O2S/c1-18(22(2,20)21)11-12-6-9-19(10-7-12)14-5-8-16-15(17-14)13-3-4-13/h5,8,12-13H,3-4,6-7,9-11H2,1-2H3. The van der Waals surface area contributed by atoms with Gasteiger partial charge in [0.05, 0.1) is 6.26 Å². The van der Waals surface area contributed by atoms with E-state index in [1.165, 1.54) is 23.4 Å². The molecule has 0 aromatic carbocycles. The van der Waals surface area contributed by atoms with E-state index in [0.29, 0.717) is 18.4 Å². The zero-order valence-corrected chi connectivity index (χ0v) is 14.1. The number of aromatic nitrogens is 2. The molecule has 0 N–H and O–H groups in total. The first kappa shape index (κ1) is 15.7. The summed E-state index contributed by atoms with van der Waals surface area (Å²) in [5.41, 5.74) is 0. The summed E-state index contributed by atoms with van der Waals surface area (Å²) in [6.45, 7) is 2.48. The van der Waals surface area contributed by atoms with Crippen LogP contribution in [0.3, 0.4) is 0 Å². The Bertz CT molecular complexity index is 622. The van der Waals surface area contributed by atoms with E-state index in [2.05, 4.69) is 9.88 Å². The van der Waals surface area contributed by atoms with Crippen molar-refractivity contribution in [3.05, 3.63) is 18.1 Å². The van der Waals surface area contributed by atoms with Crippen molar-refractivity contribution < 1.29 is 8.42 Å². The van der Waals surface area contributed by atoms with Crippen molar-refractivity contribution >= 4 is 15.8 Å². The molecule has 1 aliphatic carbocycles. The van der Waals surface area contributed by atoms with Crippen LogP contribution in [-0.2, 0) is 10.0 Å². The van der Waals surface area contributed by atoms with Gasteiger partial charge in [-0.1, -0.05) is 0 Å². The van der Waals surface area contributed by atoms with E-state index in [-0.39, 0.29) is 0 Å². The fourth-order valence-electron chi connectivity index (χ4n) is 2.92. The molecule has 0 bridgehead atoms. The van der Waals surface area contributed by atoms with Gasteiger partial charge in [-0.05, 0) is 37.7 Å². The zero-order valence-electron chi connectivity index (χ0n) is 13.3. The minimum atomic E-state index is -3.08. The molecule has 3 rings (SSSR count). The Morgan fingerprint density at radius 1 is 1.27 bits per heavy atom. The van der Waals surface area contributed by atoms with Crippen LogP contribution in [-0.4, -0.2) is 55.6 Å². The fourth-order valence-corrected chi connectivity index (χ4v) is 3.40. The fraction of sp³-hybridized carbons (Fsp3) is 0.733. The minimum Gasteiger partial charge on any atom is -0.356 e. The molecule has 122 valence electrons. The van der Waals surface area contributed by atoms with Crippen molar-refractivity contribution in [2.45, 2.75) is 31.6 Å². The van der Waals surface area contributed by atoms with Crippen LogP contribution in [0.25, 0.3) is 0 Å². The van der Waals surface area contributed by atoms with Crippen molar-refractivity contribution in [1.29, 1.82) is 0 Å². The van der Waals surface area contributed by atoms with Gasteiger partial charge in [0.15, 0.2) is 0 Å². The predicted octanol–water partition coefficient (Wildman–Crippen LogP) is 1.46. The first-order chi connectivity index (χ1) is 10.4. The maximum atomic E-state index is 11.5. The number of sulfonamides is 1. The first-order valence-electron chi connectivity index (χ1n) is 7.92. The van der Waals surface area contributed by atoms with Gasteiger partial charge in [0, 0.05) is 38.8 Å². The summed E-state index contributed by atoms with van der Waals surface area (Å²) in [4.78, 5) is 11.4. The Labute approximate surface area is 132 Å². The van der Waals surface area contributed by atoms with Crippen LogP contribution in [0.4, 0.5) is 5.82 Å². The Kier molecular flexibility index (Phi) is 4.36. The maximum absolute atomic E-state index is 11.5. The molecule has 1 aromatic heterocycles. The molecular weight excluding hydrogens is 300 g/mol. The van der Waals surface area contributed by atoms with E-state index >= 15 is 0 Å². The lowest BCUT2D eigenvalue weighted by Gasteiger charge is -2.34. The quantitative estimate of drug-likeness (QED) is 0.820. The molecule has 1 saturated carbocycles. The molecule has 0 radical (unpaired) electrons. The van der Waals surface area contributed by atoms with Crippen molar-refractivity contribution in [2.75, 3.05) is 37.8 Å². The lowest BCUT2D eigenvalue weighted by Crippen LogP contribution is -2.39. The van der Waals surface area contributed by atoms with E-state index in [1.54, 1.807) is 7.05 Å². The number of anilines is 1. The van der Waals surface area contributed by atoms with Gasteiger partial charge in [-0.3, -0.25) is 0 Å². The summed E-state index contributed by atoms with van der Waals surface area (Å²) in [6, 6.07) is 1.98. The Balaban J connectivity index is 1.56. The molecule has 1 aromatic rings. The number of nitrogens with zero attached hydrogens (tertiary/aromatic N) is 4.